The average Bonchev–Trinajstić information content (AvgIpc) is 1.69. The van der Waals surface area contributed by atoms with E-state index in [0.29, 0.717) is 0 Å². The van der Waals surface area contributed by atoms with Crippen LogP contribution in [-0.4, -0.2) is 9.72 Å². The van der Waals surface area contributed by atoms with Gasteiger partial charge in [-0.3, -0.25) is 4.99 Å². The van der Waals surface area contributed by atoms with Gasteiger partial charge in [0.15, 0.2) is 0 Å². The normalized spacial score (nSPS) is 18.1. The van der Waals surface area contributed by atoms with Crippen molar-refractivity contribution in [2.24, 2.45) is 4.99 Å². The summed E-state index contributed by atoms with van der Waals surface area (Å²) in [5.74, 6) is 0. The summed E-state index contributed by atoms with van der Waals surface area (Å²) in [6.45, 7) is 2.03. The molecule has 0 aromatic rings. The SMILES string of the molecule is CC1=NC=CI=C1. The van der Waals surface area contributed by atoms with Gasteiger partial charge in [0, 0.05) is 11.9 Å². The first-order chi connectivity index (χ1) is 3.39. The largest absolute Gasteiger partial charge is 0.261 e. The van der Waals surface area contributed by atoms with Crippen molar-refractivity contribution in [2.45, 2.75) is 6.92 Å². The highest BCUT2D eigenvalue weighted by atomic mass is 127. The van der Waals surface area contributed by atoms with Gasteiger partial charge in [0.25, 0.3) is 0 Å². The van der Waals surface area contributed by atoms with Crippen molar-refractivity contribution in [3.05, 3.63) is 10.3 Å². The van der Waals surface area contributed by atoms with Crippen LogP contribution in [0.1, 0.15) is 6.92 Å². The molecule has 0 aromatic heterocycles. The van der Waals surface area contributed by atoms with Gasteiger partial charge in [-0.1, -0.05) is 20.7 Å². The van der Waals surface area contributed by atoms with Gasteiger partial charge in [-0.15, -0.1) is 0 Å². The molecule has 1 aliphatic rings. The number of aliphatic imine (C=N–C) groups is 1. The highest BCUT2D eigenvalue weighted by Gasteiger charge is 1.81. The Morgan fingerprint density at radius 3 is 2.86 bits per heavy atom. The van der Waals surface area contributed by atoms with Crippen molar-refractivity contribution < 1.29 is 0 Å². The van der Waals surface area contributed by atoms with Crippen LogP contribution in [0.25, 0.3) is 0 Å². The van der Waals surface area contributed by atoms with E-state index in [-0.39, 0.29) is 20.7 Å². The number of hydrogen-bond donors (Lipinski definition) is 0. The standard InChI is InChI=1S/C5H6IN/c1-5-4-6-2-3-7-5/h2-4H,1H3. The lowest BCUT2D eigenvalue weighted by Crippen LogP contribution is -1.88. The molecule has 1 nitrogen and oxygen atoms in total. The lowest BCUT2D eigenvalue weighted by Gasteiger charge is -1.87. The van der Waals surface area contributed by atoms with Gasteiger partial charge in [0.05, 0.1) is 0 Å². The van der Waals surface area contributed by atoms with Gasteiger partial charge in [-0.25, -0.2) is 0 Å². The Hall–Kier alpha value is 0.01000. The molecular weight excluding hydrogens is 201 g/mol. The van der Waals surface area contributed by atoms with E-state index in [1.807, 2.05) is 13.1 Å². The minimum Gasteiger partial charge on any atom is -0.261 e. The molecule has 38 valence electrons. The molecule has 0 saturated heterocycles. The maximum atomic E-state index is 4.04. The molecule has 1 aliphatic heterocycles. The molecule has 1 rings (SSSR count). The predicted molar refractivity (Wildman–Crippen MR) is 42.3 cm³/mol. The molecule has 0 fully saturated rings. The zero-order valence-corrected chi connectivity index (χ0v) is 6.21. The summed E-state index contributed by atoms with van der Waals surface area (Å²) in [4.78, 5) is 4.04. The van der Waals surface area contributed by atoms with Crippen LogP contribution in [0, 0.1) is 0 Å². The van der Waals surface area contributed by atoms with E-state index < -0.39 is 0 Å². The quantitative estimate of drug-likeness (QED) is 0.536. The van der Waals surface area contributed by atoms with E-state index in [2.05, 4.69) is 13.1 Å². The summed E-state index contributed by atoms with van der Waals surface area (Å²) in [6.07, 6.45) is 1.89. The highest BCUT2D eigenvalue weighted by Crippen LogP contribution is 2.01. The molecule has 0 atom stereocenters. The van der Waals surface area contributed by atoms with E-state index in [1.165, 1.54) is 5.71 Å². The van der Waals surface area contributed by atoms with Crippen LogP contribution in [0.15, 0.2) is 15.3 Å². The second kappa shape index (κ2) is 2.35. The number of hydrogen-bond acceptors (Lipinski definition) is 1. The molecule has 0 spiro atoms. The Bertz CT molecular complexity index is 144. The van der Waals surface area contributed by atoms with E-state index in [4.69, 9.17) is 0 Å². The zero-order valence-electron chi connectivity index (χ0n) is 4.06. The predicted octanol–water partition coefficient (Wildman–Crippen LogP) is 1.71. The van der Waals surface area contributed by atoms with Gasteiger partial charge in [0.2, 0.25) is 0 Å². The smallest absolute Gasteiger partial charge is 0.0429 e. The average molecular weight is 207 g/mol. The molecule has 0 amide bonds. The summed E-state index contributed by atoms with van der Waals surface area (Å²) in [5.41, 5.74) is 1.18. The second-order valence-corrected chi connectivity index (χ2v) is 3.34. The number of rotatable bonds is 0. The first-order valence-corrected chi connectivity index (χ1v) is 4.53. The first-order valence-electron chi connectivity index (χ1n) is 2.04. The van der Waals surface area contributed by atoms with Crippen molar-refractivity contribution in [1.82, 2.24) is 0 Å². The van der Waals surface area contributed by atoms with Crippen LogP contribution in [0.4, 0.5) is 0 Å². The van der Waals surface area contributed by atoms with E-state index >= 15 is 0 Å². The maximum Gasteiger partial charge on any atom is 0.0429 e. The van der Waals surface area contributed by atoms with Crippen LogP contribution in [0.5, 0.6) is 0 Å². The van der Waals surface area contributed by atoms with Crippen molar-refractivity contribution in [2.75, 3.05) is 0 Å². The molecule has 0 N–H and O–H groups in total. The third-order valence-electron chi connectivity index (χ3n) is 0.628. The van der Waals surface area contributed by atoms with Crippen molar-refractivity contribution >= 4 is 30.5 Å². The van der Waals surface area contributed by atoms with E-state index in [0.717, 1.165) is 0 Å². The van der Waals surface area contributed by atoms with Crippen LogP contribution >= 0.6 is 20.7 Å². The summed E-state index contributed by atoms with van der Waals surface area (Å²) >= 11 is 0.238. The molecule has 1 heterocycles. The maximum absolute atomic E-state index is 4.04. The van der Waals surface area contributed by atoms with Crippen molar-refractivity contribution in [3.8, 4) is 0 Å². The topological polar surface area (TPSA) is 12.4 Å². The molecule has 2 heteroatoms. The van der Waals surface area contributed by atoms with Gasteiger partial charge < -0.3 is 0 Å². The minimum atomic E-state index is 0.238. The summed E-state index contributed by atoms with van der Waals surface area (Å²) < 4.78 is 4.35. The minimum absolute atomic E-state index is 0.238. The number of halogens is 1. The van der Waals surface area contributed by atoms with E-state index in [1.54, 1.807) is 0 Å². The fraction of sp³-hybridized carbons (Fsp3) is 0.200. The molecule has 0 bridgehead atoms. The van der Waals surface area contributed by atoms with Crippen molar-refractivity contribution in [3.63, 3.8) is 0 Å². The van der Waals surface area contributed by atoms with Crippen LogP contribution in [-0.2, 0) is 0 Å². The molecule has 0 aromatic carbocycles. The molecule has 0 saturated carbocycles. The third kappa shape index (κ3) is 1.51. The summed E-state index contributed by atoms with van der Waals surface area (Å²) in [5, 5.41) is 0. The lowest BCUT2D eigenvalue weighted by molar-refractivity contribution is 1.58. The summed E-state index contributed by atoms with van der Waals surface area (Å²) in [7, 11) is 0. The Labute approximate surface area is 52.9 Å². The number of nitrogens with zero attached hydrogens (tertiary/aromatic N) is 1. The second-order valence-electron chi connectivity index (χ2n) is 1.28. The van der Waals surface area contributed by atoms with Gasteiger partial charge in [-0.2, -0.15) is 0 Å². The molecule has 0 aliphatic carbocycles. The Kier molecular flexibility index (Phi) is 1.73. The Morgan fingerprint density at radius 1 is 1.71 bits per heavy atom. The van der Waals surface area contributed by atoms with Gasteiger partial charge in [-0.05, 0) is 15.0 Å². The first kappa shape index (κ1) is 5.15. The van der Waals surface area contributed by atoms with Crippen molar-refractivity contribution in [1.29, 1.82) is 0 Å². The molecular formula is C5H6IN. The Balaban J connectivity index is 2.82. The van der Waals surface area contributed by atoms with E-state index in [9.17, 15) is 0 Å². The Morgan fingerprint density at radius 2 is 2.57 bits per heavy atom. The molecule has 0 unspecified atom stereocenters. The van der Waals surface area contributed by atoms with Gasteiger partial charge in [0.1, 0.15) is 0 Å². The lowest BCUT2D eigenvalue weighted by atomic mass is 10.5. The fourth-order valence-electron chi connectivity index (χ4n) is 0.334. The molecule has 0 radical (unpaired) electrons. The monoisotopic (exact) mass is 207 g/mol. The zero-order chi connectivity index (χ0) is 5.11. The summed E-state index contributed by atoms with van der Waals surface area (Å²) in [6, 6.07) is 0. The third-order valence-corrected chi connectivity index (χ3v) is 2.63. The van der Waals surface area contributed by atoms with Gasteiger partial charge >= 0.3 is 0 Å². The van der Waals surface area contributed by atoms with Crippen LogP contribution < -0.4 is 0 Å². The molecule has 7 heavy (non-hydrogen) atoms. The highest BCUT2D eigenvalue weighted by molar-refractivity contribution is 14.2. The van der Waals surface area contributed by atoms with Crippen LogP contribution in [0.3, 0.4) is 0 Å². The van der Waals surface area contributed by atoms with Crippen LogP contribution in [0.2, 0.25) is 0 Å². The fourth-order valence-corrected chi connectivity index (χ4v) is 1.57.